The molecule has 3 aromatic heterocycles. The minimum absolute atomic E-state index is 0.169. The first kappa shape index (κ1) is 20.7. The molecular weight excluding hydrogens is 408 g/mol. The van der Waals surface area contributed by atoms with Gasteiger partial charge in [0.25, 0.3) is 0 Å². The molecule has 6 nitrogen and oxygen atoms in total. The largest absolute Gasteiger partial charge is 0.357 e. The molecule has 1 aliphatic carbocycles. The van der Waals surface area contributed by atoms with E-state index >= 15 is 0 Å². The summed E-state index contributed by atoms with van der Waals surface area (Å²) in [6.07, 6.45) is 14.0. The Morgan fingerprint density at radius 2 is 1.91 bits per heavy atom. The van der Waals surface area contributed by atoms with Gasteiger partial charge in [-0.05, 0) is 44.7 Å². The zero-order valence-electron chi connectivity index (χ0n) is 19.7. The number of benzene rings is 1. The second-order valence-corrected chi connectivity index (χ2v) is 10.2. The second-order valence-electron chi connectivity index (χ2n) is 10.2. The summed E-state index contributed by atoms with van der Waals surface area (Å²) < 4.78 is 2.08. The van der Waals surface area contributed by atoms with Crippen LogP contribution in [0.3, 0.4) is 0 Å². The predicted octanol–water partition coefficient (Wildman–Crippen LogP) is 5.86. The monoisotopic (exact) mass is 442 g/mol. The van der Waals surface area contributed by atoms with Gasteiger partial charge in [-0.15, -0.1) is 0 Å². The fourth-order valence-corrected chi connectivity index (χ4v) is 6.03. The van der Waals surface area contributed by atoms with Crippen molar-refractivity contribution in [3.63, 3.8) is 0 Å². The molecular formula is C27H34N6. The molecule has 1 aromatic carbocycles. The van der Waals surface area contributed by atoms with E-state index in [1.165, 1.54) is 71.1 Å². The molecule has 0 amide bonds. The summed E-state index contributed by atoms with van der Waals surface area (Å²) in [4.78, 5) is 6.41. The van der Waals surface area contributed by atoms with E-state index in [1.54, 1.807) is 0 Å². The van der Waals surface area contributed by atoms with Gasteiger partial charge in [-0.1, -0.05) is 37.5 Å². The topological polar surface area (TPSA) is 65.5 Å². The van der Waals surface area contributed by atoms with Crippen molar-refractivity contribution in [2.75, 3.05) is 6.54 Å². The summed E-state index contributed by atoms with van der Waals surface area (Å²) in [6, 6.07) is 9.25. The molecule has 6 heteroatoms. The van der Waals surface area contributed by atoms with E-state index in [4.69, 9.17) is 5.10 Å². The minimum atomic E-state index is 0.169. The maximum atomic E-state index is 4.70. The number of fused-ring (bicyclic) bond motifs is 3. The van der Waals surface area contributed by atoms with E-state index in [0.717, 1.165) is 19.5 Å². The highest BCUT2D eigenvalue weighted by atomic mass is 15.3. The zero-order chi connectivity index (χ0) is 22.4. The number of rotatable bonds is 5. The van der Waals surface area contributed by atoms with E-state index in [2.05, 4.69) is 81.5 Å². The molecule has 4 aromatic rings. The first-order chi connectivity index (χ1) is 16.2. The molecule has 2 N–H and O–H groups in total. The van der Waals surface area contributed by atoms with Gasteiger partial charge in [0.05, 0.1) is 18.4 Å². The van der Waals surface area contributed by atoms with Crippen molar-refractivity contribution in [2.24, 2.45) is 0 Å². The number of hydrogen-bond acceptors (Lipinski definition) is 3. The van der Waals surface area contributed by atoms with Gasteiger partial charge < -0.3 is 4.98 Å². The average Bonchev–Trinajstić information content (AvgIpc) is 3.58. The Bertz CT molecular complexity index is 1240. The third kappa shape index (κ3) is 3.70. The second kappa shape index (κ2) is 8.49. The quantitative estimate of drug-likeness (QED) is 0.407. The molecule has 1 unspecified atom stereocenters. The smallest absolute Gasteiger partial charge is 0.0791 e. The lowest BCUT2D eigenvalue weighted by atomic mass is 9.85. The van der Waals surface area contributed by atoms with Crippen LogP contribution < -0.4 is 0 Å². The molecule has 6 rings (SSSR count). The van der Waals surface area contributed by atoms with Crippen LogP contribution in [0.25, 0.3) is 10.9 Å². The van der Waals surface area contributed by atoms with Crippen molar-refractivity contribution in [2.45, 2.75) is 76.9 Å². The summed E-state index contributed by atoms with van der Waals surface area (Å²) in [5.74, 6) is 0.631. The Labute approximate surface area is 195 Å². The van der Waals surface area contributed by atoms with Crippen LogP contribution in [-0.4, -0.2) is 36.4 Å². The fourth-order valence-electron chi connectivity index (χ4n) is 6.03. The van der Waals surface area contributed by atoms with Crippen LogP contribution in [-0.2, 0) is 13.0 Å². The molecule has 0 radical (unpaired) electrons. The highest BCUT2D eigenvalue weighted by molar-refractivity contribution is 5.85. The van der Waals surface area contributed by atoms with E-state index in [0.29, 0.717) is 12.0 Å². The lowest BCUT2D eigenvalue weighted by Gasteiger charge is -2.35. The molecule has 172 valence electrons. The summed E-state index contributed by atoms with van der Waals surface area (Å²) in [6.45, 7) is 6.31. The highest BCUT2D eigenvalue weighted by Crippen LogP contribution is 2.40. The maximum Gasteiger partial charge on any atom is 0.0791 e. The van der Waals surface area contributed by atoms with Crippen LogP contribution in [0, 0.1) is 0 Å². The number of H-pyrrole nitrogens is 2. The Balaban J connectivity index is 1.39. The van der Waals surface area contributed by atoms with E-state index in [1.807, 2.05) is 0 Å². The van der Waals surface area contributed by atoms with Gasteiger partial charge in [-0.25, -0.2) is 0 Å². The number of nitrogens with one attached hydrogen (secondary N) is 2. The van der Waals surface area contributed by atoms with E-state index in [-0.39, 0.29) is 6.04 Å². The molecule has 4 heterocycles. The van der Waals surface area contributed by atoms with Crippen molar-refractivity contribution in [1.82, 2.24) is 29.9 Å². The number of nitrogens with zero attached hydrogens (tertiary/aromatic N) is 4. The van der Waals surface area contributed by atoms with Crippen LogP contribution in [0.5, 0.6) is 0 Å². The molecule has 1 atom stereocenters. The lowest BCUT2D eigenvalue weighted by molar-refractivity contribution is 0.200. The molecule has 0 spiro atoms. The summed E-state index contributed by atoms with van der Waals surface area (Å²) in [5, 5.41) is 13.9. The molecule has 0 bridgehead atoms. The number of aromatic nitrogens is 5. The van der Waals surface area contributed by atoms with Crippen LogP contribution in [0.4, 0.5) is 0 Å². The van der Waals surface area contributed by atoms with Crippen molar-refractivity contribution < 1.29 is 0 Å². The molecule has 33 heavy (non-hydrogen) atoms. The van der Waals surface area contributed by atoms with Crippen molar-refractivity contribution in [3.05, 3.63) is 70.9 Å². The van der Waals surface area contributed by atoms with Gasteiger partial charge in [0.2, 0.25) is 0 Å². The zero-order valence-corrected chi connectivity index (χ0v) is 19.7. The molecule has 1 aliphatic heterocycles. The maximum absolute atomic E-state index is 4.70. The molecule has 1 saturated carbocycles. The normalized spacial score (nSPS) is 20.0. The first-order valence-corrected chi connectivity index (χ1v) is 12.6. The average molecular weight is 443 g/mol. The minimum Gasteiger partial charge on any atom is -0.357 e. The molecule has 0 saturated heterocycles. The predicted molar refractivity (Wildman–Crippen MR) is 131 cm³/mol. The van der Waals surface area contributed by atoms with Gasteiger partial charge in [-0.3, -0.25) is 14.7 Å². The van der Waals surface area contributed by atoms with Crippen molar-refractivity contribution in [1.29, 1.82) is 0 Å². The number of aromatic amines is 2. The molecule has 2 aliphatic rings. The van der Waals surface area contributed by atoms with Gasteiger partial charge in [0.1, 0.15) is 0 Å². The van der Waals surface area contributed by atoms with Crippen LogP contribution in [0.2, 0.25) is 0 Å². The van der Waals surface area contributed by atoms with E-state index < -0.39 is 0 Å². The number of hydrogen-bond donors (Lipinski definition) is 2. The van der Waals surface area contributed by atoms with Gasteiger partial charge in [0, 0.05) is 64.7 Å². The lowest BCUT2D eigenvalue weighted by Crippen LogP contribution is -2.35. The van der Waals surface area contributed by atoms with E-state index in [9.17, 15) is 0 Å². The Hall–Kier alpha value is -2.86. The van der Waals surface area contributed by atoms with Crippen molar-refractivity contribution >= 4 is 10.9 Å². The van der Waals surface area contributed by atoms with Gasteiger partial charge in [0.15, 0.2) is 0 Å². The number of para-hydroxylation sites is 1. The Morgan fingerprint density at radius 3 is 2.73 bits per heavy atom. The van der Waals surface area contributed by atoms with Crippen molar-refractivity contribution in [3.8, 4) is 0 Å². The SMILES string of the molecule is CC(C)n1cc(C2c3[nH]c4ccccc4c3CCN2Cc2cn[nH]c2C2CCCCC2)cn1. The third-order valence-corrected chi connectivity index (χ3v) is 7.74. The highest BCUT2D eigenvalue weighted by Gasteiger charge is 2.33. The Kier molecular flexibility index (Phi) is 5.33. The fraction of sp³-hybridized carbons (Fsp3) is 0.481. The first-order valence-electron chi connectivity index (χ1n) is 12.6. The van der Waals surface area contributed by atoms with Crippen LogP contribution >= 0.6 is 0 Å². The van der Waals surface area contributed by atoms with Crippen LogP contribution in [0.15, 0.2) is 42.9 Å². The summed E-state index contributed by atoms with van der Waals surface area (Å²) in [5.41, 5.74) is 8.02. The third-order valence-electron chi connectivity index (χ3n) is 7.74. The summed E-state index contributed by atoms with van der Waals surface area (Å²) in [7, 11) is 0. The van der Waals surface area contributed by atoms with Gasteiger partial charge in [-0.2, -0.15) is 10.2 Å². The summed E-state index contributed by atoms with van der Waals surface area (Å²) >= 11 is 0. The van der Waals surface area contributed by atoms with Crippen LogP contribution in [0.1, 0.15) is 92.0 Å². The van der Waals surface area contributed by atoms with Gasteiger partial charge >= 0.3 is 0 Å². The standard InChI is InChI=1S/C27H34N6/c1-18(2)33-17-21(15-29-33)27-26-23(22-10-6-7-11-24(22)30-26)12-13-32(27)16-20-14-28-31-25(20)19-8-4-3-5-9-19/h6-7,10-11,14-15,17-19,27,30H,3-5,8-9,12-13,16H2,1-2H3,(H,28,31). The molecule has 1 fully saturated rings. The Morgan fingerprint density at radius 1 is 1.06 bits per heavy atom.